The molecular weight excluding hydrogens is 318 g/mol. The fourth-order valence-electron chi connectivity index (χ4n) is 1.42. The van der Waals surface area contributed by atoms with E-state index in [4.69, 9.17) is 16.3 Å². The number of alkyl halides is 1. The molecule has 0 bridgehead atoms. The van der Waals surface area contributed by atoms with Crippen molar-refractivity contribution in [3.05, 3.63) is 28.8 Å². The van der Waals surface area contributed by atoms with Gasteiger partial charge in [-0.25, -0.2) is 0 Å². The third-order valence-electron chi connectivity index (χ3n) is 2.86. The summed E-state index contributed by atoms with van der Waals surface area (Å²) in [5, 5.41) is 4.29. The summed E-state index contributed by atoms with van der Waals surface area (Å²) in [6.07, 6.45) is 0. The van der Waals surface area contributed by atoms with Gasteiger partial charge in [0.15, 0.2) is 0 Å². The molecule has 0 saturated heterocycles. The molecule has 0 aliphatic rings. The third kappa shape index (κ3) is 3.89. The molecule has 0 spiro atoms. The van der Waals surface area contributed by atoms with Gasteiger partial charge in [0.25, 0.3) is 5.91 Å². The van der Waals surface area contributed by atoms with Gasteiger partial charge in [0.1, 0.15) is 5.75 Å². The Kier molecular flexibility index (Phi) is 5.96. The predicted octanol–water partition coefficient (Wildman–Crippen LogP) is 3.50. The Morgan fingerprint density at radius 3 is 2.72 bits per heavy atom. The van der Waals surface area contributed by atoms with Gasteiger partial charge < -0.3 is 10.1 Å². The molecule has 0 aliphatic heterocycles. The minimum atomic E-state index is -0.172. The molecular formula is C13H17BrClNO2. The van der Waals surface area contributed by atoms with Crippen molar-refractivity contribution < 1.29 is 9.53 Å². The number of ether oxygens (including phenoxy) is 1. The summed E-state index contributed by atoms with van der Waals surface area (Å²) in [6, 6.07) is 5.07. The van der Waals surface area contributed by atoms with Crippen LogP contribution in [0.15, 0.2) is 18.2 Å². The quantitative estimate of drug-likeness (QED) is 0.837. The maximum absolute atomic E-state index is 12.1. The Morgan fingerprint density at radius 1 is 1.50 bits per heavy atom. The van der Waals surface area contributed by atoms with Gasteiger partial charge in [-0.15, -0.1) is 0 Å². The normalized spacial score (nSPS) is 13.8. The maximum atomic E-state index is 12.1. The van der Waals surface area contributed by atoms with E-state index in [-0.39, 0.29) is 11.9 Å². The van der Waals surface area contributed by atoms with Crippen molar-refractivity contribution >= 4 is 33.4 Å². The highest BCUT2D eigenvalue weighted by atomic mass is 79.9. The van der Waals surface area contributed by atoms with Gasteiger partial charge >= 0.3 is 0 Å². The van der Waals surface area contributed by atoms with Crippen molar-refractivity contribution in [1.82, 2.24) is 5.32 Å². The molecule has 1 aromatic carbocycles. The summed E-state index contributed by atoms with van der Waals surface area (Å²) in [5.74, 6) is 0.698. The number of benzene rings is 1. The molecule has 0 aliphatic carbocycles. The van der Waals surface area contributed by atoms with Crippen LogP contribution in [0.4, 0.5) is 0 Å². The molecule has 2 unspecified atom stereocenters. The number of amides is 1. The Labute approximate surface area is 121 Å². The minimum absolute atomic E-state index is 0.0700. The van der Waals surface area contributed by atoms with E-state index >= 15 is 0 Å². The van der Waals surface area contributed by atoms with Crippen molar-refractivity contribution in [3.8, 4) is 5.75 Å². The Bertz CT molecular complexity index is 425. The van der Waals surface area contributed by atoms with E-state index in [2.05, 4.69) is 28.2 Å². The number of methoxy groups -OCH3 is 1. The molecule has 2 atom stereocenters. The molecule has 0 aromatic heterocycles. The van der Waals surface area contributed by atoms with Crippen LogP contribution in [0.5, 0.6) is 5.75 Å². The Morgan fingerprint density at radius 2 is 2.17 bits per heavy atom. The van der Waals surface area contributed by atoms with E-state index < -0.39 is 0 Å². The molecule has 0 heterocycles. The number of hydrogen-bond acceptors (Lipinski definition) is 2. The monoisotopic (exact) mass is 333 g/mol. The van der Waals surface area contributed by atoms with E-state index in [0.717, 1.165) is 5.33 Å². The molecule has 1 amide bonds. The number of hydrogen-bond donors (Lipinski definition) is 1. The second kappa shape index (κ2) is 7.00. The van der Waals surface area contributed by atoms with Crippen LogP contribution in [0.1, 0.15) is 24.2 Å². The third-order valence-corrected chi connectivity index (χ3v) is 4.12. The fraction of sp³-hybridized carbons (Fsp3) is 0.462. The Hall–Kier alpha value is -0.740. The standard InChI is InChI=1S/C13H17BrClNO2/c1-8(7-14)9(2)16-13(17)11-6-10(15)4-5-12(11)18-3/h4-6,8-9H,7H2,1-3H3,(H,16,17). The van der Waals surface area contributed by atoms with E-state index in [0.29, 0.717) is 22.3 Å². The summed E-state index contributed by atoms with van der Waals surface area (Å²) in [5.41, 5.74) is 0.457. The van der Waals surface area contributed by atoms with Crippen molar-refractivity contribution in [2.45, 2.75) is 19.9 Å². The van der Waals surface area contributed by atoms with Crippen LogP contribution in [0.2, 0.25) is 5.02 Å². The zero-order valence-electron chi connectivity index (χ0n) is 10.7. The minimum Gasteiger partial charge on any atom is -0.496 e. The van der Waals surface area contributed by atoms with E-state index in [1.54, 1.807) is 18.2 Å². The number of carbonyl (C=O) groups excluding carboxylic acids is 1. The summed E-state index contributed by atoms with van der Waals surface area (Å²) in [6.45, 7) is 4.04. The van der Waals surface area contributed by atoms with Crippen molar-refractivity contribution in [2.24, 2.45) is 5.92 Å². The lowest BCUT2D eigenvalue weighted by Crippen LogP contribution is -2.37. The van der Waals surface area contributed by atoms with Gasteiger partial charge in [0, 0.05) is 16.4 Å². The summed E-state index contributed by atoms with van der Waals surface area (Å²) in [7, 11) is 1.53. The van der Waals surface area contributed by atoms with Gasteiger partial charge in [0.2, 0.25) is 0 Å². The smallest absolute Gasteiger partial charge is 0.255 e. The molecule has 1 N–H and O–H groups in total. The molecule has 0 saturated carbocycles. The molecule has 18 heavy (non-hydrogen) atoms. The highest BCUT2D eigenvalue weighted by molar-refractivity contribution is 9.09. The van der Waals surface area contributed by atoms with Gasteiger partial charge in [-0.3, -0.25) is 4.79 Å². The van der Waals surface area contributed by atoms with Gasteiger partial charge in [0.05, 0.1) is 12.7 Å². The van der Waals surface area contributed by atoms with Crippen LogP contribution in [0.25, 0.3) is 0 Å². The van der Waals surface area contributed by atoms with Crippen molar-refractivity contribution in [1.29, 1.82) is 0 Å². The Balaban J connectivity index is 2.87. The largest absolute Gasteiger partial charge is 0.496 e. The van der Waals surface area contributed by atoms with E-state index in [1.807, 2.05) is 6.92 Å². The predicted molar refractivity (Wildman–Crippen MR) is 77.9 cm³/mol. The van der Waals surface area contributed by atoms with Crippen LogP contribution in [-0.4, -0.2) is 24.4 Å². The first kappa shape index (κ1) is 15.3. The van der Waals surface area contributed by atoms with Crippen LogP contribution in [0, 0.1) is 5.92 Å². The average molecular weight is 335 g/mol. The van der Waals surface area contributed by atoms with Gasteiger partial charge in [-0.05, 0) is 31.0 Å². The second-order valence-corrected chi connectivity index (χ2v) is 5.32. The lowest BCUT2D eigenvalue weighted by Gasteiger charge is -2.20. The zero-order valence-corrected chi connectivity index (χ0v) is 13.0. The number of halogens is 2. The summed E-state index contributed by atoms with van der Waals surface area (Å²) < 4.78 is 5.16. The van der Waals surface area contributed by atoms with Crippen molar-refractivity contribution in [2.75, 3.05) is 12.4 Å². The average Bonchev–Trinajstić information content (AvgIpc) is 2.37. The van der Waals surface area contributed by atoms with Crippen LogP contribution >= 0.6 is 27.5 Å². The number of carbonyl (C=O) groups is 1. The van der Waals surface area contributed by atoms with Gasteiger partial charge in [-0.2, -0.15) is 0 Å². The summed E-state index contributed by atoms with van der Waals surface area (Å²) >= 11 is 9.31. The van der Waals surface area contributed by atoms with Crippen LogP contribution < -0.4 is 10.1 Å². The topological polar surface area (TPSA) is 38.3 Å². The number of nitrogens with one attached hydrogen (secondary N) is 1. The van der Waals surface area contributed by atoms with Gasteiger partial charge in [-0.1, -0.05) is 34.5 Å². The molecule has 5 heteroatoms. The van der Waals surface area contributed by atoms with Crippen molar-refractivity contribution in [3.63, 3.8) is 0 Å². The lowest BCUT2D eigenvalue weighted by molar-refractivity contribution is 0.0928. The number of rotatable bonds is 5. The first-order chi connectivity index (χ1) is 8.49. The molecule has 0 radical (unpaired) electrons. The van der Waals surface area contributed by atoms with E-state index in [9.17, 15) is 4.79 Å². The molecule has 0 fully saturated rings. The van der Waals surface area contributed by atoms with Crippen LogP contribution in [-0.2, 0) is 0 Å². The maximum Gasteiger partial charge on any atom is 0.255 e. The van der Waals surface area contributed by atoms with E-state index in [1.165, 1.54) is 7.11 Å². The molecule has 100 valence electrons. The SMILES string of the molecule is COc1ccc(Cl)cc1C(=O)NC(C)C(C)CBr. The highest BCUT2D eigenvalue weighted by Crippen LogP contribution is 2.22. The highest BCUT2D eigenvalue weighted by Gasteiger charge is 2.18. The molecule has 1 rings (SSSR count). The summed E-state index contributed by atoms with van der Waals surface area (Å²) in [4.78, 5) is 12.1. The molecule has 1 aromatic rings. The van der Waals surface area contributed by atoms with Crippen LogP contribution in [0.3, 0.4) is 0 Å². The second-order valence-electron chi connectivity index (χ2n) is 4.24. The lowest BCUT2D eigenvalue weighted by atomic mass is 10.1. The first-order valence-electron chi connectivity index (χ1n) is 5.70. The zero-order chi connectivity index (χ0) is 13.7. The molecule has 3 nitrogen and oxygen atoms in total. The fourth-order valence-corrected chi connectivity index (χ4v) is 2.15. The first-order valence-corrected chi connectivity index (χ1v) is 7.20.